The quantitative estimate of drug-likeness (QED) is 0.455. The molecule has 3 N–H and O–H groups in total. The van der Waals surface area contributed by atoms with Crippen LogP contribution in [0.3, 0.4) is 0 Å². The van der Waals surface area contributed by atoms with Gasteiger partial charge in [-0.25, -0.2) is 9.59 Å². The second-order valence-electron chi connectivity index (χ2n) is 8.16. The fourth-order valence-electron chi connectivity index (χ4n) is 4.36. The Hall–Kier alpha value is -2.65. The van der Waals surface area contributed by atoms with Crippen LogP contribution in [-0.2, 0) is 19.1 Å². The number of amides is 6. The molecule has 0 aromatic carbocycles. The normalized spacial score (nSPS) is 25.6. The topological polar surface area (TPSA) is 134 Å². The van der Waals surface area contributed by atoms with Crippen LogP contribution in [0.15, 0.2) is 0 Å². The van der Waals surface area contributed by atoms with Gasteiger partial charge in [0, 0.05) is 6.04 Å². The zero-order valence-corrected chi connectivity index (χ0v) is 16.6. The van der Waals surface area contributed by atoms with Crippen molar-refractivity contribution in [2.24, 2.45) is 5.92 Å². The maximum atomic E-state index is 12.5. The van der Waals surface area contributed by atoms with E-state index in [9.17, 15) is 24.0 Å². The van der Waals surface area contributed by atoms with Crippen molar-refractivity contribution in [2.45, 2.75) is 69.9 Å². The standard InChI is InChI=1S/C19H28N4O6/c1-12-6-2-3-7-13(12)20-17(27)21-14(24)11-29-15(25)10-23-16(26)19(22-18(23)28)8-4-5-9-19/h12-13H,2-11H2,1H3,(H,22,28)(H2,20,21,24,27)/t12-,13-/m1/s1. The summed E-state index contributed by atoms with van der Waals surface area (Å²) in [5.74, 6) is -1.75. The van der Waals surface area contributed by atoms with Crippen LogP contribution < -0.4 is 16.0 Å². The Kier molecular flexibility index (Phi) is 6.39. The van der Waals surface area contributed by atoms with Crippen molar-refractivity contribution in [3.63, 3.8) is 0 Å². The molecule has 1 spiro atoms. The van der Waals surface area contributed by atoms with Gasteiger partial charge in [0.2, 0.25) is 0 Å². The first-order chi connectivity index (χ1) is 13.8. The van der Waals surface area contributed by atoms with Gasteiger partial charge in [0.15, 0.2) is 6.61 Å². The number of nitrogens with one attached hydrogen (secondary N) is 3. The van der Waals surface area contributed by atoms with Crippen LogP contribution in [0, 0.1) is 5.92 Å². The van der Waals surface area contributed by atoms with Crippen molar-refractivity contribution in [2.75, 3.05) is 13.2 Å². The Morgan fingerprint density at radius 3 is 2.52 bits per heavy atom. The largest absolute Gasteiger partial charge is 0.454 e. The van der Waals surface area contributed by atoms with E-state index in [1.54, 1.807) is 0 Å². The third kappa shape index (κ3) is 4.86. The highest BCUT2D eigenvalue weighted by Crippen LogP contribution is 2.34. The van der Waals surface area contributed by atoms with Gasteiger partial charge in [-0.1, -0.05) is 32.6 Å². The highest BCUT2D eigenvalue weighted by atomic mass is 16.5. The predicted molar refractivity (Wildman–Crippen MR) is 100 cm³/mol. The molecule has 10 nitrogen and oxygen atoms in total. The number of hydrogen-bond acceptors (Lipinski definition) is 6. The molecule has 1 aliphatic heterocycles. The molecule has 160 valence electrons. The van der Waals surface area contributed by atoms with Gasteiger partial charge < -0.3 is 15.4 Å². The summed E-state index contributed by atoms with van der Waals surface area (Å²) in [4.78, 5) is 61.1. The Bertz CT molecular complexity index is 703. The van der Waals surface area contributed by atoms with Gasteiger partial charge in [-0.15, -0.1) is 0 Å². The summed E-state index contributed by atoms with van der Waals surface area (Å²) in [6, 6.07) is -1.23. The molecule has 0 radical (unpaired) electrons. The molecule has 2 atom stereocenters. The number of carbonyl (C=O) groups excluding carboxylic acids is 5. The maximum absolute atomic E-state index is 12.5. The van der Waals surface area contributed by atoms with Crippen LogP contribution in [0.1, 0.15) is 58.3 Å². The van der Waals surface area contributed by atoms with Crippen LogP contribution >= 0.6 is 0 Å². The molecular weight excluding hydrogens is 380 g/mol. The van der Waals surface area contributed by atoms with E-state index in [-0.39, 0.29) is 6.04 Å². The van der Waals surface area contributed by atoms with E-state index in [0.717, 1.165) is 43.4 Å². The van der Waals surface area contributed by atoms with E-state index in [1.165, 1.54) is 0 Å². The van der Waals surface area contributed by atoms with Gasteiger partial charge in [0.1, 0.15) is 12.1 Å². The van der Waals surface area contributed by atoms with Gasteiger partial charge in [-0.2, -0.15) is 0 Å². The number of rotatable bonds is 5. The Balaban J connectivity index is 1.40. The fraction of sp³-hybridized carbons (Fsp3) is 0.737. The smallest absolute Gasteiger partial charge is 0.326 e. The first-order valence-electron chi connectivity index (χ1n) is 10.2. The summed E-state index contributed by atoms with van der Waals surface area (Å²) in [7, 11) is 0. The lowest BCUT2D eigenvalue weighted by atomic mass is 9.86. The number of ether oxygens (including phenoxy) is 1. The Morgan fingerprint density at radius 2 is 1.83 bits per heavy atom. The molecule has 2 saturated carbocycles. The summed E-state index contributed by atoms with van der Waals surface area (Å²) in [6.07, 6.45) is 6.85. The molecule has 3 rings (SSSR count). The summed E-state index contributed by atoms with van der Waals surface area (Å²) < 4.78 is 4.82. The number of carbonyl (C=O) groups is 5. The summed E-state index contributed by atoms with van der Waals surface area (Å²) >= 11 is 0. The highest BCUT2D eigenvalue weighted by Gasteiger charge is 2.52. The van der Waals surface area contributed by atoms with Gasteiger partial charge in [0.25, 0.3) is 11.8 Å². The van der Waals surface area contributed by atoms with Crippen LogP contribution in [0.4, 0.5) is 9.59 Å². The van der Waals surface area contributed by atoms with Crippen molar-refractivity contribution in [1.82, 2.24) is 20.9 Å². The summed E-state index contributed by atoms with van der Waals surface area (Å²) in [5.41, 5.74) is -0.900. The van der Waals surface area contributed by atoms with E-state index in [4.69, 9.17) is 4.74 Å². The number of urea groups is 2. The first-order valence-corrected chi connectivity index (χ1v) is 10.2. The molecule has 1 saturated heterocycles. The second kappa shape index (κ2) is 8.79. The third-order valence-corrected chi connectivity index (χ3v) is 6.04. The molecule has 3 aliphatic rings. The molecular formula is C19H28N4O6. The average Bonchev–Trinajstić information content (AvgIpc) is 3.23. The summed E-state index contributed by atoms with van der Waals surface area (Å²) in [6.45, 7) is 0.825. The lowest BCUT2D eigenvalue weighted by Gasteiger charge is -2.29. The van der Waals surface area contributed by atoms with E-state index in [0.29, 0.717) is 18.8 Å². The number of imide groups is 2. The SMILES string of the molecule is C[C@@H]1CCCC[C@H]1NC(=O)NC(=O)COC(=O)CN1C(=O)NC2(CCCC2)C1=O. The van der Waals surface area contributed by atoms with Gasteiger partial charge in [0.05, 0.1) is 0 Å². The van der Waals surface area contributed by atoms with Crippen LogP contribution in [0.2, 0.25) is 0 Å². The van der Waals surface area contributed by atoms with Crippen molar-refractivity contribution in [3.8, 4) is 0 Å². The van der Waals surface area contributed by atoms with E-state index < -0.39 is 48.5 Å². The third-order valence-electron chi connectivity index (χ3n) is 6.04. The van der Waals surface area contributed by atoms with E-state index in [2.05, 4.69) is 22.9 Å². The molecule has 6 amide bonds. The Labute approximate surface area is 169 Å². The maximum Gasteiger partial charge on any atom is 0.326 e. The molecule has 2 aliphatic carbocycles. The van der Waals surface area contributed by atoms with Crippen LogP contribution in [0.25, 0.3) is 0 Å². The molecule has 3 fully saturated rings. The zero-order valence-electron chi connectivity index (χ0n) is 16.6. The lowest BCUT2D eigenvalue weighted by molar-refractivity contribution is -0.150. The number of nitrogens with zero attached hydrogens (tertiary/aromatic N) is 1. The molecule has 0 bridgehead atoms. The average molecular weight is 408 g/mol. The van der Waals surface area contributed by atoms with Crippen LogP contribution in [0.5, 0.6) is 0 Å². The van der Waals surface area contributed by atoms with Crippen molar-refractivity contribution >= 4 is 29.8 Å². The number of hydrogen-bond donors (Lipinski definition) is 3. The van der Waals surface area contributed by atoms with Crippen molar-refractivity contribution < 1.29 is 28.7 Å². The van der Waals surface area contributed by atoms with Gasteiger partial charge >= 0.3 is 18.0 Å². The lowest BCUT2D eigenvalue weighted by Crippen LogP contribution is -2.48. The molecule has 0 aromatic heterocycles. The van der Waals surface area contributed by atoms with E-state index in [1.807, 2.05) is 0 Å². The molecule has 10 heteroatoms. The van der Waals surface area contributed by atoms with Gasteiger partial charge in [-0.3, -0.25) is 24.6 Å². The minimum atomic E-state index is -0.900. The minimum Gasteiger partial charge on any atom is -0.454 e. The van der Waals surface area contributed by atoms with Gasteiger partial charge in [-0.05, 0) is 31.6 Å². The monoisotopic (exact) mass is 408 g/mol. The van der Waals surface area contributed by atoms with Crippen molar-refractivity contribution in [3.05, 3.63) is 0 Å². The zero-order chi connectivity index (χ0) is 21.0. The molecule has 0 unspecified atom stereocenters. The first kappa shape index (κ1) is 21.1. The molecule has 0 aromatic rings. The highest BCUT2D eigenvalue weighted by molar-refractivity contribution is 6.09. The minimum absolute atomic E-state index is 0.0155. The van der Waals surface area contributed by atoms with Crippen molar-refractivity contribution in [1.29, 1.82) is 0 Å². The fourth-order valence-corrected chi connectivity index (χ4v) is 4.36. The Morgan fingerprint density at radius 1 is 1.14 bits per heavy atom. The summed E-state index contributed by atoms with van der Waals surface area (Å²) in [5, 5.41) is 7.56. The second-order valence-corrected chi connectivity index (χ2v) is 8.16. The van der Waals surface area contributed by atoms with E-state index >= 15 is 0 Å². The van der Waals surface area contributed by atoms with Crippen LogP contribution in [-0.4, -0.2) is 59.5 Å². The molecule has 1 heterocycles. The number of esters is 1. The molecule has 29 heavy (non-hydrogen) atoms. The predicted octanol–water partition coefficient (Wildman–Crippen LogP) is 0.799.